The number of anilines is 1. The molecule has 1 aliphatic heterocycles. The van der Waals surface area contributed by atoms with Crippen molar-refractivity contribution in [2.45, 2.75) is 13.3 Å². The van der Waals surface area contributed by atoms with Crippen molar-refractivity contribution in [2.75, 3.05) is 37.6 Å². The second-order valence-corrected chi connectivity index (χ2v) is 5.99. The molecular weight excluding hydrogens is 268 g/mol. The minimum Gasteiger partial charge on any atom is -0.369 e. The minimum absolute atomic E-state index is 1.01. The van der Waals surface area contributed by atoms with Crippen molar-refractivity contribution in [3.63, 3.8) is 0 Å². The van der Waals surface area contributed by atoms with Crippen LogP contribution in [0, 0.1) is 6.42 Å². The van der Waals surface area contributed by atoms with Gasteiger partial charge < -0.3 is 4.90 Å². The molecule has 2 aromatic rings. The van der Waals surface area contributed by atoms with E-state index in [2.05, 4.69) is 77.7 Å². The predicted octanol–water partition coefficient (Wildman–Crippen LogP) is 3.62. The summed E-state index contributed by atoms with van der Waals surface area (Å²) in [5.41, 5.74) is 4.23. The Labute approximate surface area is 134 Å². The van der Waals surface area contributed by atoms with Crippen LogP contribution in [-0.2, 0) is 6.42 Å². The molecule has 1 aliphatic rings. The van der Waals surface area contributed by atoms with Gasteiger partial charge in [-0.05, 0) is 30.0 Å². The molecule has 0 bridgehead atoms. The third-order valence-electron chi connectivity index (χ3n) is 4.38. The molecule has 3 rings (SSSR count). The average molecular weight is 293 g/mol. The molecule has 0 atom stereocenters. The second kappa shape index (κ2) is 7.46. The maximum Gasteiger partial charge on any atom is 0.0403 e. The molecule has 0 spiro atoms. The predicted molar refractivity (Wildman–Crippen MR) is 94.3 cm³/mol. The lowest BCUT2D eigenvalue weighted by Crippen LogP contribution is -2.46. The van der Waals surface area contributed by atoms with Gasteiger partial charge in [-0.2, -0.15) is 0 Å². The number of piperazine rings is 1. The van der Waals surface area contributed by atoms with Crippen molar-refractivity contribution < 1.29 is 0 Å². The van der Waals surface area contributed by atoms with Gasteiger partial charge in [0.15, 0.2) is 0 Å². The number of hydrogen-bond donors (Lipinski definition) is 0. The Hall–Kier alpha value is -1.80. The summed E-state index contributed by atoms with van der Waals surface area (Å²) in [5.74, 6) is 0. The molecule has 2 nitrogen and oxygen atoms in total. The molecule has 0 unspecified atom stereocenters. The van der Waals surface area contributed by atoms with E-state index in [1.165, 1.54) is 16.8 Å². The molecule has 2 heteroatoms. The van der Waals surface area contributed by atoms with Crippen LogP contribution in [0.1, 0.15) is 18.1 Å². The molecule has 0 N–H and O–H groups in total. The van der Waals surface area contributed by atoms with Crippen LogP contribution in [0.3, 0.4) is 0 Å². The van der Waals surface area contributed by atoms with Crippen LogP contribution in [0.2, 0.25) is 0 Å². The number of para-hydroxylation sites is 1. The van der Waals surface area contributed by atoms with Crippen molar-refractivity contribution in [3.8, 4) is 0 Å². The first-order valence-corrected chi connectivity index (χ1v) is 8.24. The number of benzene rings is 2. The minimum atomic E-state index is 1.01. The van der Waals surface area contributed by atoms with E-state index in [0.29, 0.717) is 0 Å². The van der Waals surface area contributed by atoms with Crippen LogP contribution >= 0.6 is 0 Å². The summed E-state index contributed by atoms with van der Waals surface area (Å²) in [5, 5.41) is 0. The summed E-state index contributed by atoms with van der Waals surface area (Å²) in [4.78, 5) is 5.07. The topological polar surface area (TPSA) is 6.48 Å². The highest BCUT2D eigenvalue weighted by molar-refractivity contribution is 5.55. The molecular formula is C20H25N2. The van der Waals surface area contributed by atoms with Gasteiger partial charge in [0.1, 0.15) is 0 Å². The molecule has 1 heterocycles. The fraction of sp³-hybridized carbons (Fsp3) is 0.350. The quantitative estimate of drug-likeness (QED) is 0.830. The Morgan fingerprint density at radius 1 is 0.864 bits per heavy atom. The summed E-state index contributed by atoms with van der Waals surface area (Å²) in [6.07, 6.45) is 3.26. The van der Waals surface area contributed by atoms with Crippen LogP contribution in [0.5, 0.6) is 0 Å². The highest BCUT2D eigenvalue weighted by Gasteiger charge is 2.18. The monoisotopic (exact) mass is 293 g/mol. The van der Waals surface area contributed by atoms with Gasteiger partial charge >= 0.3 is 0 Å². The Balaban J connectivity index is 1.72. The maximum atomic E-state index is 2.55. The molecule has 1 radical (unpaired) electrons. The normalized spacial score (nSPS) is 16.0. The highest BCUT2D eigenvalue weighted by Crippen LogP contribution is 2.24. The SMILES string of the molecule is C[CH]CN1CCN(c2ccccc2Cc2ccccc2)CC1. The highest BCUT2D eigenvalue weighted by atomic mass is 15.3. The molecule has 115 valence electrons. The third-order valence-corrected chi connectivity index (χ3v) is 4.38. The first-order chi connectivity index (χ1) is 10.9. The van der Waals surface area contributed by atoms with Gasteiger partial charge in [0.05, 0.1) is 0 Å². The van der Waals surface area contributed by atoms with Gasteiger partial charge in [-0.15, -0.1) is 0 Å². The van der Waals surface area contributed by atoms with Crippen LogP contribution < -0.4 is 4.90 Å². The van der Waals surface area contributed by atoms with E-state index >= 15 is 0 Å². The van der Waals surface area contributed by atoms with Gasteiger partial charge in [-0.25, -0.2) is 0 Å². The molecule has 1 saturated heterocycles. The van der Waals surface area contributed by atoms with Gasteiger partial charge in [-0.3, -0.25) is 4.90 Å². The summed E-state index contributed by atoms with van der Waals surface area (Å²) >= 11 is 0. The standard InChI is InChI=1S/C20H25N2/c1-2-12-21-13-15-22(16-14-21)20-11-7-6-10-19(20)17-18-8-4-3-5-9-18/h2-11H,12-17H2,1H3. The summed E-state index contributed by atoms with van der Waals surface area (Å²) in [6.45, 7) is 7.81. The first-order valence-electron chi connectivity index (χ1n) is 8.24. The molecule has 0 saturated carbocycles. The summed E-state index contributed by atoms with van der Waals surface area (Å²) < 4.78 is 0. The van der Waals surface area contributed by atoms with Crippen molar-refractivity contribution in [1.29, 1.82) is 0 Å². The summed E-state index contributed by atoms with van der Waals surface area (Å²) in [6, 6.07) is 19.6. The lowest BCUT2D eigenvalue weighted by molar-refractivity contribution is 0.276. The largest absolute Gasteiger partial charge is 0.369 e. The Bertz CT molecular complexity index is 571. The van der Waals surface area contributed by atoms with E-state index < -0.39 is 0 Å². The Kier molecular flexibility index (Phi) is 5.12. The van der Waals surface area contributed by atoms with Crippen molar-refractivity contribution >= 4 is 5.69 Å². The Morgan fingerprint density at radius 3 is 2.27 bits per heavy atom. The van der Waals surface area contributed by atoms with Crippen LogP contribution in [0.15, 0.2) is 54.6 Å². The van der Waals surface area contributed by atoms with E-state index in [1.54, 1.807) is 0 Å². The number of rotatable bonds is 5. The van der Waals surface area contributed by atoms with Crippen LogP contribution in [0.4, 0.5) is 5.69 Å². The molecule has 2 aromatic carbocycles. The van der Waals surface area contributed by atoms with Gasteiger partial charge in [0.25, 0.3) is 0 Å². The Morgan fingerprint density at radius 2 is 1.55 bits per heavy atom. The lowest BCUT2D eigenvalue weighted by atomic mass is 10.0. The lowest BCUT2D eigenvalue weighted by Gasteiger charge is -2.37. The van der Waals surface area contributed by atoms with Gasteiger partial charge in [0.2, 0.25) is 0 Å². The van der Waals surface area contributed by atoms with Crippen LogP contribution in [0.25, 0.3) is 0 Å². The van der Waals surface area contributed by atoms with Crippen LogP contribution in [-0.4, -0.2) is 37.6 Å². The fourth-order valence-electron chi connectivity index (χ4n) is 3.21. The molecule has 0 aromatic heterocycles. The van der Waals surface area contributed by atoms with E-state index in [9.17, 15) is 0 Å². The van der Waals surface area contributed by atoms with Crippen molar-refractivity contribution in [1.82, 2.24) is 4.90 Å². The van der Waals surface area contributed by atoms with Crippen molar-refractivity contribution in [3.05, 3.63) is 72.1 Å². The molecule has 0 aliphatic carbocycles. The van der Waals surface area contributed by atoms with Gasteiger partial charge in [0, 0.05) is 38.4 Å². The van der Waals surface area contributed by atoms with Gasteiger partial charge in [-0.1, -0.05) is 55.5 Å². The van der Waals surface area contributed by atoms with Crippen molar-refractivity contribution in [2.24, 2.45) is 0 Å². The summed E-state index contributed by atoms with van der Waals surface area (Å²) in [7, 11) is 0. The number of nitrogens with zero attached hydrogens (tertiary/aromatic N) is 2. The fourth-order valence-corrected chi connectivity index (χ4v) is 3.21. The zero-order valence-corrected chi connectivity index (χ0v) is 13.4. The number of hydrogen-bond acceptors (Lipinski definition) is 2. The average Bonchev–Trinajstić information content (AvgIpc) is 2.58. The second-order valence-electron chi connectivity index (χ2n) is 5.99. The van der Waals surface area contributed by atoms with E-state index in [4.69, 9.17) is 0 Å². The third kappa shape index (κ3) is 3.69. The smallest absolute Gasteiger partial charge is 0.0403 e. The van der Waals surface area contributed by atoms with E-state index in [0.717, 1.165) is 39.1 Å². The van der Waals surface area contributed by atoms with E-state index in [-0.39, 0.29) is 0 Å². The molecule has 1 fully saturated rings. The first kappa shape index (κ1) is 15.1. The zero-order valence-electron chi connectivity index (χ0n) is 13.4. The molecule has 0 amide bonds. The maximum absolute atomic E-state index is 2.55. The van der Waals surface area contributed by atoms with E-state index in [1.807, 2.05) is 0 Å². The molecule has 22 heavy (non-hydrogen) atoms. The zero-order chi connectivity index (χ0) is 15.2.